The van der Waals surface area contributed by atoms with Crippen LogP contribution in [0.1, 0.15) is 27.7 Å². The highest BCUT2D eigenvalue weighted by molar-refractivity contribution is 8.00. The highest BCUT2D eigenvalue weighted by atomic mass is 32.2. The number of carboxylic acid groups (broad SMARTS) is 1. The zero-order valence-corrected chi connectivity index (χ0v) is 13.1. The molecule has 0 aliphatic carbocycles. The van der Waals surface area contributed by atoms with Gasteiger partial charge in [-0.1, -0.05) is 27.7 Å². The standard InChI is InChI=1S/C13H24N2O3S/c1-8(2)6-14(5)13(18)15-10(12(16)17)7-19-11(15)9(3)4/h8-11H,6-7H2,1-5H3,(H,16,17). The van der Waals surface area contributed by atoms with Crippen molar-refractivity contribution >= 4 is 23.8 Å². The second-order valence-electron chi connectivity index (χ2n) is 5.79. The summed E-state index contributed by atoms with van der Waals surface area (Å²) in [6.45, 7) is 8.75. The van der Waals surface area contributed by atoms with E-state index in [0.29, 0.717) is 18.2 Å². The molecular formula is C13H24N2O3S. The number of hydrogen-bond acceptors (Lipinski definition) is 3. The largest absolute Gasteiger partial charge is 0.480 e. The van der Waals surface area contributed by atoms with Gasteiger partial charge in [0.05, 0.1) is 5.37 Å². The molecule has 6 heteroatoms. The number of aliphatic carboxylic acids is 1. The summed E-state index contributed by atoms with van der Waals surface area (Å²) >= 11 is 1.56. The van der Waals surface area contributed by atoms with Crippen molar-refractivity contribution in [2.75, 3.05) is 19.3 Å². The summed E-state index contributed by atoms with van der Waals surface area (Å²) in [5.41, 5.74) is 0. The molecule has 5 nitrogen and oxygen atoms in total. The molecule has 1 aliphatic rings. The van der Waals surface area contributed by atoms with Gasteiger partial charge in [-0.05, 0) is 11.8 Å². The molecule has 1 saturated heterocycles. The van der Waals surface area contributed by atoms with E-state index < -0.39 is 12.0 Å². The number of amides is 2. The number of carboxylic acids is 1. The van der Waals surface area contributed by atoms with Crippen LogP contribution in [-0.4, -0.2) is 57.7 Å². The minimum absolute atomic E-state index is 0.0526. The second kappa shape index (κ2) is 6.50. The van der Waals surface area contributed by atoms with Crippen LogP contribution in [0.4, 0.5) is 4.79 Å². The van der Waals surface area contributed by atoms with E-state index in [1.807, 2.05) is 27.7 Å². The van der Waals surface area contributed by atoms with Gasteiger partial charge in [-0.3, -0.25) is 4.90 Å². The lowest BCUT2D eigenvalue weighted by Gasteiger charge is -2.33. The Labute approximate surface area is 119 Å². The average molecular weight is 288 g/mol. The predicted molar refractivity (Wildman–Crippen MR) is 77.2 cm³/mol. The van der Waals surface area contributed by atoms with Crippen molar-refractivity contribution in [2.24, 2.45) is 11.8 Å². The van der Waals surface area contributed by atoms with Crippen LogP contribution >= 0.6 is 11.8 Å². The first kappa shape index (κ1) is 16.1. The second-order valence-corrected chi connectivity index (χ2v) is 6.94. The van der Waals surface area contributed by atoms with E-state index in [2.05, 4.69) is 0 Å². The number of rotatable bonds is 4. The molecule has 1 N–H and O–H groups in total. The van der Waals surface area contributed by atoms with E-state index in [0.717, 1.165) is 0 Å². The molecule has 0 spiro atoms. The van der Waals surface area contributed by atoms with Crippen LogP contribution in [0, 0.1) is 11.8 Å². The maximum atomic E-state index is 12.5. The van der Waals surface area contributed by atoms with E-state index in [1.165, 1.54) is 0 Å². The zero-order valence-electron chi connectivity index (χ0n) is 12.3. The maximum Gasteiger partial charge on any atom is 0.327 e. The van der Waals surface area contributed by atoms with Gasteiger partial charge < -0.3 is 10.0 Å². The number of thioether (sulfide) groups is 1. The minimum atomic E-state index is -0.915. The Bertz CT molecular complexity index is 347. The van der Waals surface area contributed by atoms with Gasteiger partial charge >= 0.3 is 12.0 Å². The molecule has 0 aromatic heterocycles. The molecule has 1 rings (SSSR count). The van der Waals surface area contributed by atoms with Crippen LogP contribution in [0.2, 0.25) is 0 Å². The summed E-state index contributed by atoms with van der Waals surface area (Å²) in [6.07, 6.45) is 0. The maximum absolute atomic E-state index is 12.5. The van der Waals surface area contributed by atoms with Gasteiger partial charge in [-0.15, -0.1) is 11.8 Å². The van der Waals surface area contributed by atoms with Gasteiger partial charge in [0.1, 0.15) is 6.04 Å². The first-order valence-electron chi connectivity index (χ1n) is 6.63. The summed E-state index contributed by atoms with van der Waals surface area (Å²) in [4.78, 5) is 27.0. The van der Waals surface area contributed by atoms with Crippen LogP contribution in [0.3, 0.4) is 0 Å². The molecule has 0 aromatic carbocycles. The molecule has 0 radical (unpaired) electrons. The summed E-state index contributed by atoms with van der Waals surface area (Å²) in [7, 11) is 1.74. The van der Waals surface area contributed by atoms with Crippen molar-refractivity contribution in [3.63, 3.8) is 0 Å². The van der Waals surface area contributed by atoms with E-state index in [9.17, 15) is 14.7 Å². The molecular weight excluding hydrogens is 264 g/mol. The van der Waals surface area contributed by atoms with Gasteiger partial charge in [-0.2, -0.15) is 0 Å². The smallest absolute Gasteiger partial charge is 0.327 e. The summed E-state index contributed by atoms with van der Waals surface area (Å²) < 4.78 is 0. The highest BCUT2D eigenvalue weighted by Crippen LogP contribution is 2.34. The van der Waals surface area contributed by atoms with Gasteiger partial charge in [-0.25, -0.2) is 9.59 Å². The zero-order chi connectivity index (χ0) is 14.7. The molecule has 1 aliphatic heterocycles. The minimum Gasteiger partial charge on any atom is -0.480 e. The quantitative estimate of drug-likeness (QED) is 0.861. The van der Waals surface area contributed by atoms with Gasteiger partial charge in [0.2, 0.25) is 0 Å². The van der Waals surface area contributed by atoms with Crippen LogP contribution in [-0.2, 0) is 4.79 Å². The van der Waals surface area contributed by atoms with E-state index >= 15 is 0 Å². The molecule has 1 fully saturated rings. The third kappa shape index (κ3) is 3.78. The van der Waals surface area contributed by atoms with Crippen LogP contribution in [0.15, 0.2) is 0 Å². The van der Waals surface area contributed by atoms with Gasteiger partial charge in [0, 0.05) is 19.3 Å². The van der Waals surface area contributed by atoms with Crippen molar-refractivity contribution in [3.8, 4) is 0 Å². The van der Waals surface area contributed by atoms with Gasteiger partial charge in [0.15, 0.2) is 0 Å². The average Bonchev–Trinajstić information content (AvgIpc) is 2.71. The van der Waals surface area contributed by atoms with Crippen LogP contribution < -0.4 is 0 Å². The van der Waals surface area contributed by atoms with Crippen molar-refractivity contribution < 1.29 is 14.7 Å². The molecule has 2 atom stereocenters. The third-order valence-corrected chi connectivity index (χ3v) is 4.70. The normalized spacial score (nSPS) is 23.2. The number of carbonyl (C=O) groups excluding carboxylic acids is 1. The third-order valence-electron chi connectivity index (χ3n) is 3.08. The lowest BCUT2D eigenvalue weighted by molar-refractivity contribution is -0.141. The molecule has 1 heterocycles. The first-order valence-corrected chi connectivity index (χ1v) is 7.68. The van der Waals surface area contributed by atoms with E-state index in [-0.39, 0.29) is 17.3 Å². The monoisotopic (exact) mass is 288 g/mol. The fraction of sp³-hybridized carbons (Fsp3) is 0.846. The number of nitrogens with zero attached hydrogens (tertiary/aromatic N) is 2. The lowest BCUT2D eigenvalue weighted by Crippen LogP contribution is -2.52. The van der Waals surface area contributed by atoms with Crippen molar-refractivity contribution in [2.45, 2.75) is 39.1 Å². The van der Waals surface area contributed by atoms with Gasteiger partial charge in [0.25, 0.3) is 0 Å². The molecule has 2 unspecified atom stereocenters. The molecule has 2 amide bonds. The van der Waals surface area contributed by atoms with Crippen LogP contribution in [0.5, 0.6) is 0 Å². The Morgan fingerprint density at radius 2 is 1.95 bits per heavy atom. The Morgan fingerprint density at radius 3 is 2.37 bits per heavy atom. The highest BCUT2D eigenvalue weighted by Gasteiger charge is 2.43. The fourth-order valence-corrected chi connectivity index (χ4v) is 3.76. The van der Waals surface area contributed by atoms with Crippen LogP contribution in [0.25, 0.3) is 0 Å². The Morgan fingerprint density at radius 1 is 1.37 bits per heavy atom. The van der Waals surface area contributed by atoms with E-state index in [1.54, 1.807) is 28.6 Å². The first-order chi connectivity index (χ1) is 8.75. The number of hydrogen-bond donors (Lipinski definition) is 1. The molecule has 0 aromatic rings. The summed E-state index contributed by atoms with van der Waals surface area (Å²) in [6, 6.07) is -0.885. The van der Waals surface area contributed by atoms with E-state index in [4.69, 9.17) is 0 Å². The summed E-state index contributed by atoms with van der Waals surface area (Å²) in [5.74, 6) is 0.164. The molecule has 0 saturated carbocycles. The topological polar surface area (TPSA) is 60.9 Å². The molecule has 110 valence electrons. The fourth-order valence-electron chi connectivity index (χ4n) is 2.30. The summed E-state index contributed by atoms with van der Waals surface area (Å²) in [5, 5.41) is 9.22. The Balaban J connectivity index is 2.89. The predicted octanol–water partition coefficient (Wildman–Crippen LogP) is 2.18. The number of carbonyl (C=O) groups is 2. The Kier molecular flexibility index (Phi) is 5.52. The SMILES string of the molecule is CC(C)CN(C)C(=O)N1C(C(=O)O)CSC1C(C)C. The van der Waals surface area contributed by atoms with Crippen molar-refractivity contribution in [1.82, 2.24) is 9.80 Å². The molecule has 19 heavy (non-hydrogen) atoms. The Hall–Kier alpha value is -0.910. The van der Waals surface area contributed by atoms with Crippen molar-refractivity contribution in [3.05, 3.63) is 0 Å². The number of urea groups is 1. The molecule has 0 bridgehead atoms. The van der Waals surface area contributed by atoms with Crippen molar-refractivity contribution in [1.29, 1.82) is 0 Å². The lowest BCUT2D eigenvalue weighted by atomic mass is 10.1.